The van der Waals surface area contributed by atoms with Crippen LogP contribution in [0.5, 0.6) is 0 Å². The fourth-order valence-electron chi connectivity index (χ4n) is 2.21. The van der Waals surface area contributed by atoms with Crippen molar-refractivity contribution in [3.05, 3.63) is 12.7 Å². The standard InChI is InChI=1S/C14H22O5/c1-5-11(15)17-10-14(19-12(16)6-2)8-9-18-13(14,4)7-3/h6H,2,5,7-10H2,1,3-4H3. The highest BCUT2D eigenvalue weighted by atomic mass is 16.6. The molecule has 19 heavy (non-hydrogen) atoms. The molecule has 0 aromatic rings. The summed E-state index contributed by atoms with van der Waals surface area (Å²) in [6.07, 6.45) is 2.56. The molecule has 0 saturated carbocycles. The Hall–Kier alpha value is -1.36. The monoisotopic (exact) mass is 270 g/mol. The first-order valence-electron chi connectivity index (χ1n) is 6.58. The number of carbonyl (C=O) groups excluding carboxylic acids is 2. The molecule has 5 nitrogen and oxygen atoms in total. The highest BCUT2D eigenvalue weighted by Gasteiger charge is 2.56. The Balaban J connectivity index is 2.92. The van der Waals surface area contributed by atoms with Crippen LogP contribution in [0.1, 0.15) is 40.0 Å². The van der Waals surface area contributed by atoms with Gasteiger partial charge < -0.3 is 14.2 Å². The van der Waals surface area contributed by atoms with Crippen LogP contribution >= 0.6 is 0 Å². The van der Waals surface area contributed by atoms with Crippen LogP contribution < -0.4 is 0 Å². The molecule has 1 aliphatic rings. The summed E-state index contributed by atoms with van der Waals surface area (Å²) in [5.41, 5.74) is -1.59. The zero-order chi connectivity index (χ0) is 14.5. The molecule has 2 atom stereocenters. The first kappa shape index (κ1) is 15.7. The summed E-state index contributed by atoms with van der Waals surface area (Å²) < 4.78 is 16.4. The Bertz CT molecular complexity index is 365. The molecular weight excluding hydrogens is 248 g/mol. The average molecular weight is 270 g/mol. The zero-order valence-electron chi connectivity index (χ0n) is 11.9. The van der Waals surface area contributed by atoms with E-state index >= 15 is 0 Å². The lowest BCUT2D eigenvalue weighted by Gasteiger charge is -2.40. The van der Waals surface area contributed by atoms with Crippen LogP contribution in [0.25, 0.3) is 0 Å². The predicted molar refractivity (Wildman–Crippen MR) is 69.5 cm³/mol. The second-order valence-electron chi connectivity index (χ2n) is 4.82. The van der Waals surface area contributed by atoms with Crippen molar-refractivity contribution >= 4 is 11.9 Å². The van der Waals surface area contributed by atoms with Gasteiger partial charge in [-0.3, -0.25) is 4.79 Å². The zero-order valence-corrected chi connectivity index (χ0v) is 11.9. The van der Waals surface area contributed by atoms with Gasteiger partial charge in [0.2, 0.25) is 0 Å². The van der Waals surface area contributed by atoms with E-state index in [1.165, 1.54) is 0 Å². The molecule has 0 aromatic heterocycles. The van der Waals surface area contributed by atoms with Gasteiger partial charge in [0, 0.05) is 18.9 Å². The number of esters is 2. The molecule has 1 aliphatic heterocycles. The summed E-state index contributed by atoms with van der Waals surface area (Å²) in [4.78, 5) is 22.9. The van der Waals surface area contributed by atoms with Crippen molar-refractivity contribution in [2.24, 2.45) is 0 Å². The molecule has 0 amide bonds. The second-order valence-corrected chi connectivity index (χ2v) is 4.82. The lowest BCUT2D eigenvalue weighted by molar-refractivity contribution is -0.191. The van der Waals surface area contributed by atoms with Gasteiger partial charge in [-0.2, -0.15) is 0 Å². The number of rotatable bonds is 6. The molecule has 1 rings (SSSR count). The summed E-state index contributed by atoms with van der Waals surface area (Å²) in [6, 6.07) is 0. The van der Waals surface area contributed by atoms with Gasteiger partial charge in [-0.05, 0) is 13.3 Å². The molecule has 0 aromatic carbocycles. The van der Waals surface area contributed by atoms with Crippen LogP contribution in [0, 0.1) is 0 Å². The second kappa shape index (κ2) is 6.19. The van der Waals surface area contributed by atoms with Gasteiger partial charge in [0.15, 0.2) is 5.60 Å². The van der Waals surface area contributed by atoms with Crippen LogP contribution in [0.2, 0.25) is 0 Å². The molecule has 0 bridgehead atoms. The minimum absolute atomic E-state index is 0.0175. The van der Waals surface area contributed by atoms with E-state index in [4.69, 9.17) is 14.2 Å². The molecule has 1 saturated heterocycles. The maximum Gasteiger partial charge on any atom is 0.330 e. The number of hydrogen-bond donors (Lipinski definition) is 0. The Morgan fingerprint density at radius 2 is 2.11 bits per heavy atom. The fourth-order valence-corrected chi connectivity index (χ4v) is 2.21. The molecule has 0 radical (unpaired) electrons. The molecule has 1 fully saturated rings. The molecule has 1 heterocycles. The van der Waals surface area contributed by atoms with Crippen molar-refractivity contribution < 1.29 is 23.8 Å². The van der Waals surface area contributed by atoms with E-state index < -0.39 is 17.2 Å². The maximum atomic E-state index is 11.6. The van der Waals surface area contributed by atoms with Crippen molar-refractivity contribution in [2.75, 3.05) is 13.2 Å². The summed E-state index contributed by atoms with van der Waals surface area (Å²) in [7, 11) is 0. The highest BCUT2D eigenvalue weighted by molar-refractivity contribution is 5.81. The number of hydrogen-bond acceptors (Lipinski definition) is 5. The van der Waals surface area contributed by atoms with Gasteiger partial charge in [0.05, 0.1) is 6.61 Å². The van der Waals surface area contributed by atoms with E-state index in [0.29, 0.717) is 19.4 Å². The Labute approximate surface area is 113 Å². The van der Waals surface area contributed by atoms with Crippen molar-refractivity contribution in [1.29, 1.82) is 0 Å². The van der Waals surface area contributed by atoms with Gasteiger partial charge >= 0.3 is 11.9 Å². The van der Waals surface area contributed by atoms with E-state index in [-0.39, 0.29) is 19.0 Å². The maximum absolute atomic E-state index is 11.6. The third-order valence-corrected chi connectivity index (χ3v) is 3.78. The van der Waals surface area contributed by atoms with Crippen LogP contribution in [-0.2, 0) is 23.8 Å². The van der Waals surface area contributed by atoms with Gasteiger partial charge in [0.25, 0.3) is 0 Å². The summed E-state index contributed by atoms with van der Waals surface area (Å²) >= 11 is 0. The van der Waals surface area contributed by atoms with Crippen LogP contribution in [-0.4, -0.2) is 36.4 Å². The van der Waals surface area contributed by atoms with E-state index in [0.717, 1.165) is 6.08 Å². The van der Waals surface area contributed by atoms with E-state index in [1.807, 2.05) is 13.8 Å². The van der Waals surface area contributed by atoms with E-state index in [2.05, 4.69) is 6.58 Å². The van der Waals surface area contributed by atoms with Crippen LogP contribution in [0.3, 0.4) is 0 Å². The van der Waals surface area contributed by atoms with Crippen LogP contribution in [0.15, 0.2) is 12.7 Å². The average Bonchev–Trinajstić information content (AvgIpc) is 2.74. The summed E-state index contributed by atoms with van der Waals surface area (Å²) in [5.74, 6) is -0.850. The summed E-state index contributed by atoms with van der Waals surface area (Å²) in [5, 5.41) is 0. The van der Waals surface area contributed by atoms with E-state index in [1.54, 1.807) is 6.92 Å². The van der Waals surface area contributed by atoms with Gasteiger partial charge in [-0.15, -0.1) is 0 Å². The molecule has 0 spiro atoms. The smallest absolute Gasteiger partial charge is 0.330 e. The lowest BCUT2D eigenvalue weighted by atomic mass is 9.82. The summed E-state index contributed by atoms with van der Waals surface area (Å²) in [6.45, 7) is 9.42. The molecule has 0 N–H and O–H groups in total. The van der Waals surface area contributed by atoms with Crippen molar-refractivity contribution in [1.82, 2.24) is 0 Å². The fraction of sp³-hybridized carbons (Fsp3) is 0.714. The normalized spacial score (nSPS) is 29.8. The Morgan fingerprint density at radius 3 is 2.63 bits per heavy atom. The first-order valence-corrected chi connectivity index (χ1v) is 6.58. The minimum Gasteiger partial charge on any atom is -0.461 e. The highest BCUT2D eigenvalue weighted by Crippen LogP contribution is 2.42. The Kier molecular flexibility index (Phi) is 5.11. The topological polar surface area (TPSA) is 61.8 Å². The molecule has 0 aliphatic carbocycles. The third kappa shape index (κ3) is 3.15. The minimum atomic E-state index is -0.933. The first-order chi connectivity index (χ1) is 8.93. The van der Waals surface area contributed by atoms with Crippen molar-refractivity contribution in [3.8, 4) is 0 Å². The lowest BCUT2D eigenvalue weighted by Crippen LogP contribution is -2.54. The van der Waals surface area contributed by atoms with Gasteiger partial charge in [-0.25, -0.2) is 4.79 Å². The Morgan fingerprint density at radius 1 is 1.42 bits per heavy atom. The number of ether oxygens (including phenoxy) is 3. The van der Waals surface area contributed by atoms with Crippen LogP contribution in [0.4, 0.5) is 0 Å². The quantitative estimate of drug-likeness (QED) is 0.545. The van der Waals surface area contributed by atoms with E-state index in [9.17, 15) is 9.59 Å². The molecule has 108 valence electrons. The molecule has 5 heteroatoms. The molecular formula is C14H22O5. The molecule has 2 unspecified atom stereocenters. The van der Waals surface area contributed by atoms with Crippen molar-refractivity contribution in [3.63, 3.8) is 0 Å². The van der Waals surface area contributed by atoms with Crippen molar-refractivity contribution in [2.45, 2.75) is 51.2 Å². The SMILES string of the molecule is C=CC(=O)OC1(COC(=O)CC)CCOC1(C)CC. The third-order valence-electron chi connectivity index (χ3n) is 3.78. The van der Waals surface area contributed by atoms with Gasteiger partial charge in [0.1, 0.15) is 12.2 Å². The number of carbonyl (C=O) groups is 2. The van der Waals surface area contributed by atoms with Gasteiger partial charge in [-0.1, -0.05) is 20.4 Å². The largest absolute Gasteiger partial charge is 0.461 e. The predicted octanol–water partition coefficient (Wildman–Crippen LogP) is 2.00.